The molecule has 24 heavy (non-hydrogen) atoms. The summed E-state index contributed by atoms with van der Waals surface area (Å²) in [6.45, 7) is 1.89. The fourth-order valence-electron chi connectivity index (χ4n) is 1.81. The van der Waals surface area contributed by atoms with E-state index >= 15 is 0 Å². The Hall–Kier alpha value is -1.65. The van der Waals surface area contributed by atoms with E-state index in [9.17, 15) is 31.5 Å². The molecule has 1 N–H and O–H groups in total. The van der Waals surface area contributed by atoms with E-state index in [0.717, 1.165) is 11.4 Å². The predicted octanol–water partition coefficient (Wildman–Crippen LogP) is 1.92. The minimum Gasteiger partial charge on any atom is -0.373 e. The molecule has 136 valence electrons. The minimum absolute atomic E-state index is 0.00684. The number of para-hydroxylation sites is 1. The number of hydrogen-bond donors (Lipinski definition) is 1. The highest BCUT2D eigenvalue weighted by atomic mass is 32.2. The van der Waals surface area contributed by atoms with Crippen molar-refractivity contribution in [3.8, 4) is 0 Å². The number of benzene rings is 1. The lowest BCUT2D eigenvalue weighted by molar-refractivity contribution is -0.243. The van der Waals surface area contributed by atoms with Crippen LogP contribution >= 0.6 is 0 Å². The molecule has 0 fully saturated rings. The van der Waals surface area contributed by atoms with Crippen molar-refractivity contribution in [1.29, 1.82) is 0 Å². The van der Waals surface area contributed by atoms with Gasteiger partial charge < -0.3 is 5.11 Å². The van der Waals surface area contributed by atoms with Gasteiger partial charge in [-0.05, 0) is 25.5 Å². The van der Waals surface area contributed by atoms with Gasteiger partial charge in [0.25, 0.3) is 5.91 Å². The fourth-order valence-corrected chi connectivity index (χ4v) is 3.27. The van der Waals surface area contributed by atoms with Crippen molar-refractivity contribution in [2.75, 3.05) is 17.9 Å². The smallest absolute Gasteiger partial charge is 0.373 e. The molecule has 0 radical (unpaired) electrons. The molecular formula is C14H19F3N2O4S. The molecule has 1 unspecified atom stereocenters. The third-order valence-electron chi connectivity index (χ3n) is 3.31. The monoisotopic (exact) mass is 368 g/mol. The van der Waals surface area contributed by atoms with Crippen LogP contribution in [0.3, 0.4) is 0 Å². The molecule has 1 atom stereocenters. The van der Waals surface area contributed by atoms with Crippen molar-refractivity contribution in [2.45, 2.75) is 32.0 Å². The molecule has 0 saturated carbocycles. The summed E-state index contributed by atoms with van der Waals surface area (Å²) in [7, 11) is -3.46. The Bertz CT molecular complexity index is 675. The fraction of sp³-hybridized carbons (Fsp3) is 0.500. The molecule has 0 spiro atoms. The van der Waals surface area contributed by atoms with Gasteiger partial charge in [0, 0.05) is 13.6 Å². The van der Waals surface area contributed by atoms with Crippen molar-refractivity contribution in [3.05, 3.63) is 30.3 Å². The average Bonchev–Trinajstić information content (AvgIpc) is 2.47. The summed E-state index contributed by atoms with van der Waals surface area (Å²) < 4.78 is 64.9. The number of alkyl halides is 3. The Labute approximate surface area is 138 Å². The highest BCUT2D eigenvalue weighted by Crippen LogP contribution is 2.34. The number of anilines is 1. The maximum absolute atomic E-state index is 13.0. The molecule has 6 nitrogen and oxygen atoms in total. The first-order chi connectivity index (χ1) is 10.9. The standard InChI is InChI=1S/C14H19F3N2O4S/c1-4-10-18(3)24(22,23)19(11-8-6-5-7-9-11)12(20)13(2,21)14(15,16)17/h5-9,21H,4,10H2,1-3H3. The lowest BCUT2D eigenvalue weighted by Gasteiger charge is -2.33. The molecule has 1 amide bonds. The van der Waals surface area contributed by atoms with Crippen molar-refractivity contribution >= 4 is 21.8 Å². The second-order valence-electron chi connectivity index (χ2n) is 5.30. The largest absolute Gasteiger partial charge is 0.426 e. The molecule has 1 rings (SSSR count). The number of amides is 1. The number of nitrogens with zero attached hydrogens (tertiary/aromatic N) is 2. The highest BCUT2D eigenvalue weighted by molar-refractivity contribution is 7.91. The summed E-state index contributed by atoms with van der Waals surface area (Å²) >= 11 is 0. The van der Waals surface area contributed by atoms with Crippen LogP contribution in [0, 0.1) is 0 Å². The van der Waals surface area contributed by atoms with Crippen molar-refractivity contribution in [3.63, 3.8) is 0 Å². The van der Waals surface area contributed by atoms with Crippen LogP contribution < -0.4 is 4.31 Å². The van der Waals surface area contributed by atoms with Crippen LogP contribution in [0.2, 0.25) is 0 Å². The van der Waals surface area contributed by atoms with E-state index in [1.807, 2.05) is 0 Å². The summed E-state index contributed by atoms with van der Waals surface area (Å²) in [4.78, 5) is 12.3. The lowest BCUT2D eigenvalue weighted by atomic mass is 10.1. The van der Waals surface area contributed by atoms with Crippen LogP contribution in [0.5, 0.6) is 0 Å². The van der Waals surface area contributed by atoms with Gasteiger partial charge in [0.05, 0.1) is 5.69 Å². The molecule has 1 aromatic rings. The maximum Gasteiger partial charge on any atom is 0.426 e. The summed E-state index contributed by atoms with van der Waals surface area (Å²) in [5, 5.41) is 9.63. The second-order valence-corrected chi connectivity index (χ2v) is 7.19. The van der Waals surface area contributed by atoms with Crippen LogP contribution in [0.15, 0.2) is 30.3 Å². The van der Waals surface area contributed by atoms with Gasteiger partial charge in [-0.2, -0.15) is 30.2 Å². The van der Waals surface area contributed by atoms with Crippen molar-refractivity contribution in [2.24, 2.45) is 0 Å². The molecule has 0 saturated heterocycles. The Morgan fingerprint density at radius 1 is 1.21 bits per heavy atom. The van der Waals surface area contributed by atoms with Gasteiger partial charge in [-0.1, -0.05) is 25.1 Å². The second kappa shape index (κ2) is 7.08. The van der Waals surface area contributed by atoms with Crippen LogP contribution in [0.25, 0.3) is 0 Å². The van der Waals surface area contributed by atoms with E-state index < -0.39 is 27.9 Å². The Morgan fingerprint density at radius 3 is 2.12 bits per heavy atom. The Morgan fingerprint density at radius 2 is 1.71 bits per heavy atom. The molecular weight excluding hydrogens is 349 g/mol. The van der Waals surface area contributed by atoms with Gasteiger partial charge in [-0.25, -0.2) is 0 Å². The third-order valence-corrected chi connectivity index (χ3v) is 5.12. The van der Waals surface area contributed by atoms with E-state index in [1.165, 1.54) is 30.3 Å². The lowest BCUT2D eigenvalue weighted by Crippen LogP contribution is -2.59. The van der Waals surface area contributed by atoms with E-state index in [2.05, 4.69) is 0 Å². The van der Waals surface area contributed by atoms with Gasteiger partial charge in [0.2, 0.25) is 5.60 Å². The zero-order valence-electron chi connectivity index (χ0n) is 13.4. The number of carbonyl (C=O) groups excluding carboxylic acids is 1. The number of carbonyl (C=O) groups is 1. The predicted molar refractivity (Wildman–Crippen MR) is 82.4 cm³/mol. The first-order valence-electron chi connectivity index (χ1n) is 7.02. The zero-order chi connectivity index (χ0) is 18.8. The van der Waals surface area contributed by atoms with Crippen LogP contribution in [0.4, 0.5) is 18.9 Å². The molecule has 0 aliphatic heterocycles. The number of hydrogen-bond acceptors (Lipinski definition) is 4. The van der Waals surface area contributed by atoms with Crippen LogP contribution in [-0.2, 0) is 15.0 Å². The van der Waals surface area contributed by atoms with Gasteiger partial charge in [0.1, 0.15) is 0 Å². The normalized spacial score (nSPS) is 15.2. The first kappa shape index (κ1) is 20.4. The van der Waals surface area contributed by atoms with Gasteiger partial charge in [-0.15, -0.1) is 0 Å². The molecule has 0 aliphatic carbocycles. The first-order valence-corrected chi connectivity index (χ1v) is 8.42. The molecule has 1 aromatic carbocycles. The molecule has 0 aromatic heterocycles. The van der Waals surface area contributed by atoms with Crippen molar-refractivity contribution < 1.29 is 31.5 Å². The topological polar surface area (TPSA) is 77.9 Å². The maximum atomic E-state index is 13.0. The SMILES string of the molecule is CCCN(C)S(=O)(=O)N(C(=O)C(C)(O)C(F)(F)F)c1ccccc1. The van der Waals surface area contributed by atoms with Gasteiger partial charge in [0.15, 0.2) is 0 Å². The van der Waals surface area contributed by atoms with Gasteiger partial charge >= 0.3 is 16.4 Å². The summed E-state index contributed by atoms with van der Waals surface area (Å²) in [5.41, 5.74) is -4.15. The number of rotatable bonds is 6. The summed E-state index contributed by atoms with van der Waals surface area (Å²) in [6.07, 6.45) is -4.95. The third kappa shape index (κ3) is 3.87. The summed E-state index contributed by atoms with van der Waals surface area (Å²) in [6, 6.07) is 6.58. The zero-order valence-corrected chi connectivity index (χ0v) is 14.2. The van der Waals surface area contributed by atoms with E-state index in [4.69, 9.17) is 0 Å². The number of halogens is 3. The minimum atomic E-state index is -5.34. The van der Waals surface area contributed by atoms with E-state index in [0.29, 0.717) is 6.42 Å². The molecule has 0 bridgehead atoms. The molecule has 0 aliphatic rings. The average molecular weight is 368 g/mol. The summed E-state index contributed by atoms with van der Waals surface area (Å²) in [5.74, 6) is -2.00. The highest BCUT2D eigenvalue weighted by Gasteiger charge is 2.59. The van der Waals surface area contributed by atoms with E-state index in [-0.39, 0.29) is 23.5 Å². The Kier molecular flexibility index (Phi) is 6.01. The molecule has 10 heteroatoms. The quantitative estimate of drug-likeness (QED) is 0.832. The van der Waals surface area contributed by atoms with Crippen LogP contribution in [0.1, 0.15) is 20.3 Å². The Balaban J connectivity index is 3.50. The number of aliphatic hydroxyl groups is 1. The van der Waals surface area contributed by atoms with E-state index in [1.54, 1.807) is 6.92 Å². The van der Waals surface area contributed by atoms with Crippen molar-refractivity contribution in [1.82, 2.24) is 4.31 Å². The van der Waals surface area contributed by atoms with Crippen LogP contribution in [-0.4, -0.2) is 49.1 Å². The molecule has 0 heterocycles. The van der Waals surface area contributed by atoms with Gasteiger partial charge in [-0.3, -0.25) is 4.79 Å².